The molecular formula is C20H20N2O3. The Hall–Kier alpha value is -2.79. The Bertz CT molecular complexity index is 867. The fourth-order valence-electron chi connectivity index (χ4n) is 3.34. The van der Waals surface area contributed by atoms with Crippen LogP contribution in [0.25, 0.3) is 11.1 Å². The van der Waals surface area contributed by atoms with Gasteiger partial charge in [0, 0.05) is 36.6 Å². The fourth-order valence-corrected chi connectivity index (χ4v) is 3.34. The van der Waals surface area contributed by atoms with Gasteiger partial charge in [0.2, 0.25) is 0 Å². The van der Waals surface area contributed by atoms with Gasteiger partial charge in [0.05, 0.1) is 31.8 Å². The van der Waals surface area contributed by atoms with Crippen molar-refractivity contribution in [1.82, 2.24) is 9.47 Å². The average Bonchev–Trinajstić information content (AvgIpc) is 3.33. The van der Waals surface area contributed by atoms with Crippen LogP contribution in [0, 0.1) is 0 Å². The number of hydrogen-bond acceptors (Lipinski definition) is 3. The molecule has 1 atom stereocenters. The lowest BCUT2D eigenvalue weighted by atomic mass is 10.0. The minimum Gasteiger partial charge on any atom is -0.472 e. The van der Waals surface area contributed by atoms with Crippen molar-refractivity contribution in [2.24, 2.45) is 7.05 Å². The second-order valence-electron chi connectivity index (χ2n) is 6.23. The molecule has 0 N–H and O–H groups in total. The zero-order valence-electron chi connectivity index (χ0n) is 14.1. The molecule has 3 heterocycles. The number of aromatic nitrogens is 1. The Morgan fingerprint density at radius 1 is 1.16 bits per heavy atom. The molecule has 5 nitrogen and oxygen atoms in total. The summed E-state index contributed by atoms with van der Waals surface area (Å²) in [5.41, 5.74) is 3.71. The van der Waals surface area contributed by atoms with Crippen LogP contribution in [-0.4, -0.2) is 35.1 Å². The number of carbonyl (C=O) groups excluding carboxylic acids is 1. The number of carbonyl (C=O) groups is 1. The first-order valence-electron chi connectivity index (χ1n) is 8.36. The number of nitrogens with zero attached hydrogens (tertiary/aromatic N) is 2. The second kappa shape index (κ2) is 6.61. The van der Waals surface area contributed by atoms with Gasteiger partial charge in [-0.2, -0.15) is 0 Å². The number of amides is 1. The van der Waals surface area contributed by atoms with Gasteiger partial charge in [-0.15, -0.1) is 0 Å². The van der Waals surface area contributed by atoms with Gasteiger partial charge < -0.3 is 18.6 Å². The van der Waals surface area contributed by atoms with E-state index in [1.165, 1.54) is 0 Å². The maximum atomic E-state index is 13.2. The van der Waals surface area contributed by atoms with Gasteiger partial charge in [-0.05, 0) is 35.9 Å². The second-order valence-corrected chi connectivity index (χ2v) is 6.23. The van der Waals surface area contributed by atoms with E-state index >= 15 is 0 Å². The summed E-state index contributed by atoms with van der Waals surface area (Å²) in [5.74, 6) is 0.0276. The van der Waals surface area contributed by atoms with Crippen LogP contribution in [0.4, 0.5) is 0 Å². The predicted molar refractivity (Wildman–Crippen MR) is 94.2 cm³/mol. The molecular weight excluding hydrogens is 316 g/mol. The largest absolute Gasteiger partial charge is 0.472 e. The molecule has 0 spiro atoms. The monoisotopic (exact) mass is 336 g/mol. The van der Waals surface area contributed by atoms with Crippen molar-refractivity contribution in [3.05, 3.63) is 72.4 Å². The zero-order chi connectivity index (χ0) is 17.2. The Morgan fingerprint density at radius 2 is 2.08 bits per heavy atom. The third-order valence-corrected chi connectivity index (χ3v) is 4.68. The van der Waals surface area contributed by atoms with E-state index in [9.17, 15) is 4.79 Å². The summed E-state index contributed by atoms with van der Waals surface area (Å²) >= 11 is 0. The minimum absolute atomic E-state index is 0.0276. The van der Waals surface area contributed by atoms with E-state index in [0.717, 1.165) is 16.8 Å². The Labute approximate surface area is 146 Å². The van der Waals surface area contributed by atoms with Crippen molar-refractivity contribution < 1.29 is 13.9 Å². The van der Waals surface area contributed by atoms with Gasteiger partial charge in [-0.1, -0.05) is 12.1 Å². The van der Waals surface area contributed by atoms with E-state index < -0.39 is 0 Å². The van der Waals surface area contributed by atoms with Crippen molar-refractivity contribution in [3.63, 3.8) is 0 Å². The lowest BCUT2D eigenvalue weighted by Crippen LogP contribution is -2.44. The quantitative estimate of drug-likeness (QED) is 0.735. The Kier molecular flexibility index (Phi) is 4.15. The summed E-state index contributed by atoms with van der Waals surface area (Å²) in [4.78, 5) is 15.1. The molecule has 1 saturated heterocycles. The molecule has 2 aromatic heterocycles. The van der Waals surface area contributed by atoms with E-state index in [1.54, 1.807) is 12.5 Å². The molecule has 1 aliphatic rings. The average molecular weight is 336 g/mol. The van der Waals surface area contributed by atoms with Gasteiger partial charge in [-0.25, -0.2) is 0 Å². The van der Waals surface area contributed by atoms with Gasteiger partial charge in [-0.3, -0.25) is 4.79 Å². The van der Waals surface area contributed by atoms with Crippen molar-refractivity contribution >= 4 is 5.91 Å². The highest BCUT2D eigenvalue weighted by molar-refractivity contribution is 5.95. The first-order chi connectivity index (χ1) is 12.2. The minimum atomic E-state index is -0.0705. The number of rotatable bonds is 3. The van der Waals surface area contributed by atoms with Crippen LogP contribution < -0.4 is 0 Å². The smallest absolute Gasteiger partial charge is 0.254 e. The summed E-state index contributed by atoms with van der Waals surface area (Å²) in [6.07, 6.45) is 5.31. The van der Waals surface area contributed by atoms with Crippen LogP contribution in [0.3, 0.4) is 0 Å². The van der Waals surface area contributed by atoms with Gasteiger partial charge >= 0.3 is 0 Å². The van der Waals surface area contributed by atoms with Crippen LogP contribution >= 0.6 is 0 Å². The molecule has 5 heteroatoms. The molecule has 4 rings (SSSR count). The molecule has 0 aliphatic carbocycles. The van der Waals surface area contributed by atoms with E-state index in [4.69, 9.17) is 9.15 Å². The van der Waals surface area contributed by atoms with Gasteiger partial charge in [0.15, 0.2) is 0 Å². The summed E-state index contributed by atoms with van der Waals surface area (Å²) in [5, 5.41) is 0. The first-order valence-corrected chi connectivity index (χ1v) is 8.36. The van der Waals surface area contributed by atoms with Crippen molar-refractivity contribution in [2.45, 2.75) is 6.04 Å². The van der Waals surface area contributed by atoms with E-state index in [1.807, 2.05) is 65.2 Å². The Balaban J connectivity index is 1.65. The number of ether oxygens (including phenoxy) is 1. The lowest BCUT2D eigenvalue weighted by Gasteiger charge is -2.36. The highest BCUT2D eigenvalue weighted by Crippen LogP contribution is 2.27. The standard InChI is InChI=1S/C20H20N2O3/c1-21-8-3-6-18(21)19-14-25-11-9-22(19)20(23)16-5-2-4-15(12-16)17-7-10-24-13-17/h2-8,10,12-13,19H,9,11,14H2,1H3. The molecule has 1 fully saturated rings. The van der Waals surface area contributed by atoms with Crippen molar-refractivity contribution in [1.29, 1.82) is 0 Å². The third-order valence-electron chi connectivity index (χ3n) is 4.68. The normalized spacial score (nSPS) is 17.6. The third kappa shape index (κ3) is 2.98. The molecule has 1 amide bonds. The van der Waals surface area contributed by atoms with Crippen molar-refractivity contribution in [2.75, 3.05) is 19.8 Å². The SMILES string of the molecule is Cn1cccc1C1COCCN1C(=O)c1cccc(-c2ccoc2)c1. The number of aryl methyl sites for hydroxylation is 1. The van der Waals surface area contributed by atoms with Crippen LogP contribution in [0.5, 0.6) is 0 Å². The lowest BCUT2D eigenvalue weighted by molar-refractivity contribution is -0.00463. The fraction of sp³-hybridized carbons (Fsp3) is 0.250. The molecule has 128 valence electrons. The molecule has 0 saturated carbocycles. The number of hydrogen-bond donors (Lipinski definition) is 0. The first kappa shape index (κ1) is 15.7. The molecule has 3 aromatic rings. The summed E-state index contributed by atoms with van der Waals surface area (Å²) in [6.45, 7) is 1.67. The molecule has 0 bridgehead atoms. The highest BCUT2D eigenvalue weighted by atomic mass is 16.5. The summed E-state index contributed by atoms with van der Waals surface area (Å²) in [6, 6.07) is 13.5. The van der Waals surface area contributed by atoms with E-state index in [-0.39, 0.29) is 11.9 Å². The maximum absolute atomic E-state index is 13.2. The Morgan fingerprint density at radius 3 is 2.84 bits per heavy atom. The van der Waals surface area contributed by atoms with E-state index in [2.05, 4.69) is 0 Å². The van der Waals surface area contributed by atoms with Crippen LogP contribution in [0.1, 0.15) is 22.1 Å². The maximum Gasteiger partial charge on any atom is 0.254 e. The van der Waals surface area contributed by atoms with Crippen molar-refractivity contribution in [3.8, 4) is 11.1 Å². The number of benzene rings is 1. The molecule has 1 aliphatic heterocycles. The summed E-state index contributed by atoms with van der Waals surface area (Å²) in [7, 11) is 1.99. The number of furan rings is 1. The van der Waals surface area contributed by atoms with Crippen LogP contribution in [0.2, 0.25) is 0 Å². The molecule has 1 unspecified atom stereocenters. The molecule has 1 aromatic carbocycles. The van der Waals surface area contributed by atoms with Crippen LogP contribution in [-0.2, 0) is 11.8 Å². The number of morpholine rings is 1. The van der Waals surface area contributed by atoms with Gasteiger partial charge in [0.1, 0.15) is 0 Å². The van der Waals surface area contributed by atoms with Crippen LogP contribution in [0.15, 0.2) is 65.6 Å². The molecule has 0 radical (unpaired) electrons. The topological polar surface area (TPSA) is 47.6 Å². The van der Waals surface area contributed by atoms with Gasteiger partial charge in [0.25, 0.3) is 5.91 Å². The summed E-state index contributed by atoms with van der Waals surface area (Å²) < 4.78 is 12.8. The van der Waals surface area contributed by atoms with E-state index in [0.29, 0.717) is 25.3 Å². The zero-order valence-corrected chi connectivity index (χ0v) is 14.1. The predicted octanol–water partition coefficient (Wildman–Crippen LogP) is 3.50. The highest BCUT2D eigenvalue weighted by Gasteiger charge is 2.30. The molecule has 25 heavy (non-hydrogen) atoms.